The number of hydrogen-bond acceptors (Lipinski definition) is 7. The Hall–Kier alpha value is -4.08. The molecular weight excluding hydrogens is 685 g/mol. The van der Waals surface area contributed by atoms with E-state index in [-0.39, 0.29) is 29.3 Å². The van der Waals surface area contributed by atoms with Crippen LogP contribution in [0.5, 0.6) is 11.5 Å². The summed E-state index contributed by atoms with van der Waals surface area (Å²) in [5, 5.41) is 21.2. The number of aryl methyl sites for hydroxylation is 2. The Morgan fingerprint density at radius 2 is 1.10 bits per heavy atom. The first-order valence-corrected chi connectivity index (χ1v) is 18.3. The number of phenols is 2. The Morgan fingerprint density at radius 3 is 1.55 bits per heavy atom. The molecular formula is C41H43Cl2N3O5. The van der Waals surface area contributed by atoms with Gasteiger partial charge in [0.15, 0.2) is 0 Å². The molecule has 0 unspecified atom stereocenters. The SMILES string of the molecule is CN1CCc2cc(Cl)c(O)cc2[C@H]2c3cc(C(N)=O)ccc3CC[C@@H]21.COC(=O)c1ccc2c(c1)[C@@H]1c3cc(O)c(Cl)cc3CCN(C)[C@H]1CC2. The predicted molar refractivity (Wildman–Crippen MR) is 200 cm³/mol. The lowest BCUT2D eigenvalue weighted by molar-refractivity contribution is 0.0600. The van der Waals surface area contributed by atoms with Crippen LogP contribution in [-0.4, -0.2) is 78.3 Å². The Bertz CT molecular complexity index is 2030. The van der Waals surface area contributed by atoms with Gasteiger partial charge >= 0.3 is 5.97 Å². The van der Waals surface area contributed by atoms with Gasteiger partial charge in [-0.05, 0) is 146 Å². The average molecular weight is 729 g/mol. The minimum absolute atomic E-state index is 0.105. The van der Waals surface area contributed by atoms with Crippen LogP contribution in [0.15, 0.2) is 60.7 Å². The Morgan fingerprint density at radius 1 is 0.667 bits per heavy atom. The van der Waals surface area contributed by atoms with Crippen molar-refractivity contribution >= 4 is 35.1 Å². The topological polar surface area (TPSA) is 116 Å². The number of primary amides is 1. The number of ether oxygens (including phenoxy) is 1. The van der Waals surface area contributed by atoms with Crippen molar-refractivity contribution in [3.8, 4) is 11.5 Å². The second-order valence-electron chi connectivity index (χ2n) is 14.3. The molecule has 0 radical (unpaired) electrons. The van der Waals surface area contributed by atoms with Gasteiger partial charge in [0.25, 0.3) is 0 Å². The molecule has 4 atom stereocenters. The largest absolute Gasteiger partial charge is 0.506 e. The van der Waals surface area contributed by atoms with E-state index in [1.165, 1.54) is 29.4 Å². The molecule has 0 saturated carbocycles. The normalized spacial score (nSPS) is 22.2. The lowest BCUT2D eigenvalue weighted by Gasteiger charge is -2.38. The summed E-state index contributed by atoms with van der Waals surface area (Å²) in [6.45, 7) is 1.89. The molecule has 51 heavy (non-hydrogen) atoms. The van der Waals surface area contributed by atoms with E-state index in [0.29, 0.717) is 33.3 Å². The van der Waals surface area contributed by atoms with Crippen LogP contribution in [-0.2, 0) is 30.4 Å². The fraction of sp³-hybridized carbons (Fsp3) is 0.366. The van der Waals surface area contributed by atoms with Crippen LogP contribution in [0.1, 0.15) is 89.9 Å². The first kappa shape index (κ1) is 35.3. The average Bonchev–Trinajstić information content (AvgIpc) is 3.35. The molecule has 10 heteroatoms. The first-order chi connectivity index (χ1) is 24.4. The van der Waals surface area contributed by atoms with Crippen molar-refractivity contribution in [1.82, 2.24) is 9.80 Å². The zero-order valence-corrected chi connectivity index (χ0v) is 30.6. The summed E-state index contributed by atoms with van der Waals surface area (Å²) in [4.78, 5) is 28.5. The fourth-order valence-corrected chi connectivity index (χ4v) is 9.22. The molecule has 8 nitrogen and oxygen atoms in total. The van der Waals surface area contributed by atoms with E-state index in [1.54, 1.807) is 6.07 Å². The molecule has 0 aromatic heterocycles. The van der Waals surface area contributed by atoms with Crippen molar-refractivity contribution in [2.24, 2.45) is 5.73 Å². The number of fused-ring (bicyclic) bond motifs is 10. The highest BCUT2D eigenvalue weighted by Gasteiger charge is 2.39. The maximum Gasteiger partial charge on any atom is 0.337 e. The number of methoxy groups -OCH3 is 1. The van der Waals surface area contributed by atoms with Crippen molar-refractivity contribution in [2.45, 2.75) is 62.4 Å². The summed E-state index contributed by atoms with van der Waals surface area (Å²) < 4.78 is 4.91. The summed E-state index contributed by atoms with van der Waals surface area (Å²) in [5.41, 5.74) is 16.0. The monoisotopic (exact) mass is 727 g/mol. The van der Waals surface area contributed by atoms with Crippen molar-refractivity contribution in [2.75, 3.05) is 34.3 Å². The van der Waals surface area contributed by atoms with Gasteiger partial charge < -0.3 is 30.5 Å². The number of halogens is 2. The third-order valence-electron chi connectivity index (χ3n) is 11.5. The van der Waals surface area contributed by atoms with E-state index in [2.05, 4.69) is 23.9 Å². The number of esters is 1. The highest BCUT2D eigenvalue weighted by molar-refractivity contribution is 6.32. The minimum atomic E-state index is -0.411. The first-order valence-electron chi connectivity index (χ1n) is 17.5. The van der Waals surface area contributed by atoms with Crippen LogP contribution >= 0.6 is 23.2 Å². The maximum atomic E-state index is 12.0. The Labute approximate surface area is 308 Å². The lowest BCUT2D eigenvalue weighted by atomic mass is 9.74. The van der Waals surface area contributed by atoms with Gasteiger partial charge in [0.1, 0.15) is 11.5 Å². The van der Waals surface area contributed by atoms with Gasteiger partial charge in [-0.2, -0.15) is 0 Å². The molecule has 4 aliphatic rings. The van der Waals surface area contributed by atoms with Crippen molar-refractivity contribution in [3.05, 3.63) is 126 Å². The molecule has 2 aliphatic heterocycles. The van der Waals surface area contributed by atoms with E-state index in [0.717, 1.165) is 73.9 Å². The van der Waals surface area contributed by atoms with Crippen molar-refractivity contribution < 1.29 is 24.5 Å². The zero-order chi connectivity index (χ0) is 36.1. The number of likely N-dealkylation sites (N-methyl/N-ethyl adjacent to an activating group) is 2. The molecule has 2 aliphatic carbocycles. The van der Waals surface area contributed by atoms with Gasteiger partial charge in [-0.3, -0.25) is 4.79 Å². The lowest BCUT2D eigenvalue weighted by Crippen LogP contribution is -2.39. The molecule has 0 spiro atoms. The van der Waals surface area contributed by atoms with Crippen LogP contribution < -0.4 is 5.73 Å². The third kappa shape index (κ3) is 6.59. The van der Waals surface area contributed by atoms with E-state index >= 15 is 0 Å². The number of carbonyl (C=O) groups excluding carboxylic acids is 2. The quantitative estimate of drug-likeness (QED) is 0.194. The van der Waals surface area contributed by atoms with Crippen LogP contribution in [0.2, 0.25) is 10.0 Å². The summed E-state index contributed by atoms with van der Waals surface area (Å²) in [6, 6.07) is 19.7. The van der Waals surface area contributed by atoms with Gasteiger partial charge in [0.05, 0.1) is 22.7 Å². The Kier molecular flexibility index (Phi) is 9.80. The molecule has 4 aromatic rings. The minimum Gasteiger partial charge on any atom is -0.506 e. The molecule has 8 rings (SSSR count). The highest BCUT2D eigenvalue weighted by Crippen LogP contribution is 2.46. The number of phenolic OH excluding ortho intramolecular Hbond substituents is 2. The van der Waals surface area contributed by atoms with Crippen molar-refractivity contribution in [1.29, 1.82) is 0 Å². The number of benzene rings is 4. The van der Waals surface area contributed by atoms with Crippen LogP contribution in [0, 0.1) is 0 Å². The summed E-state index contributed by atoms with van der Waals surface area (Å²) in [6.07, 6.45) is 5.85. The maximum absolute atomic E-state index is 12.0. The molecule has 0 fully saturated rings. The van der Waals surface area contributed by atoms with Gasteiger partial charge in [0.2, 0.25) is 5.91 Å². The van der Waals surface area contributed by atoms with Crippen LogP contribution in [0.3, 0.4) is 0 Å². The van der Waals surface area contributed by atoms with Crippen molar-refractivity contribution in [3.63, 3.8) is 0 Å². The molecule has 2 heterocycles. The van der Waals surface area contributed by atoms with Crippen LogP contribution in [0.4, 0.5) is 0 Å². The zero-order valence-electron chi connectivity index (χ0n) is 29.1. The van der Waals surface area contributed by atoms with E-state index < -0.39 is 5.91 Å². The number of hydrogen-bond donors (Lipinski definition) is 3. The van der Waals surface area contributed by atoms with Gasteiger partial charge in [-0.1, -0.05) is 35.3 Å². The molecule has 0 saturated heterocycles. The molecule has 0 bridgehead atoms. The number of nitrogens with two attached hydrogens (primary N) is 1. The number of aromatic hydroxyl groups is 2. The van der Waals surface area contributed by atoms with E-state index in [4.69, 9.17) is 33.7 Å². The van der Waals surface area contributed by atoms with Gasteiger partial charge in [-0.15, -0.1) is 0 Å². The van der Waals surface area contributed by atoms with Crippen LogP contribution in [0.25, 0.3) is 0 Å². The van der Waals surface area contributed by atoms with E-state index in [9.17, 15) is 19.8 Å². The fourth-order valence-electron chi connectivity index (χ4n) is 8.85. The highest BCUT2D eigenvalue weighted by atomic mass is 35.5. The molecule has 4 aromatic carbocycles. The summed E-state index contributed by atoms with van der Waals surface area (Å²) in [7, 11) is 5.70. The molecule has 266 valence electrons. The second kappa shape index (κ2) is 14.2. The van der Waals surface area contributed by atoms with Gasteiger partial charge in [-0.25, -0.2) is 4.79 Å². The third-order valence-corrected chi connectivity index (χ3v) is 12.1. The van der Waals surface area contributed by atoms with E-state index in [1.807, 2.05) is 54.6 Å². The smallest absolute Gasteiger partial charge is 0.337 e. The standard InChI is InChI=1S/C21H22ClNO3.C20H21ClN2O2/c1-23-8-7-13-10-17(22)19(24)11-16(13)20-15-9-14(21(25)26-2)4-3-12(15)5-6-18(20)23;1-23-7-6-12-9-16(21)18(24)10-15(12)19-14-8-13(20(22)25)3-2-11(14)4-5-17(19)23/h3-4,9-11,18,20,24H,5-8H2,1-2H3;2-3,8-10,17,19,24H,4-7H2,1H3,(H2,22,25)/t18-,20+;17-,19+/m00/s1. The molecule has 1 amide bonds. The second-order valence-corrected chi connectivity index (χ2v) is 15.1. The Balaban J connectivity index is 0.000000159. The molecule has 4 N–H and O–H groups in total. The summed E-state index contributed by atoms with van der Waals surface area (Å²) >= 11 is 12.3. The summed E-state index contributed by atoms with van der Waals surface area (Å²) in [5.74, 6) is -0.295. The predicted octanol–water partition coefficient (Wildman–Crippen LogP) is 6.85. The number of carbonyl (C=O) groups is 2. The number of amides is 1. The number of nitrogens with zero attached hydrogens (tertiary/aromatic N) is 2. The number of rotatable bonds is 2. The van der Waals surface area contributed by atoms with Gasteiger partial charge in [0, 0.05) is 42.6 Å².